The Morgan fingerprint density at radius 2 is 0.909 bits per heavy atom. The molecule has 44 heavy (non-hydrogen) atoms. The summed E-state index contributed by atoms with van der Waals surface area (Å²) >= 11 is 0. The van der Waals surface area contributed by atoms with Crippen LogP contribution in [-0.2, 0) is 33.1 Å². The van der Waals surface area contributed by atoms with E-state index in [0.29, 0.717) is 12.1 Å². The Labute approximate surface area is 260 Å². The van der Waals surface area contributed by atoms with Crippen molar-refractivity contribution < 1.29 is 37.4 Å². The van der Waals surface area contributed by atoms with Gasteiger partial charge in [-0.15, -0.1) is 0 Å². The number of hydrogen-bond donors (Lipinski definition) is 4. The first-order valence-corrected chi connectivity index (χ1v) is 16.8. The molecule has 238 valence electrons. The van der Waals surface area contributed by atoms with Crippen LogP contribution in [0.5, 0.6) is 0 Å². The summed E-state index contributed by atoms with van der Waals surface area (Å²) in [6.45, 7) is 4.31. The lowest BCUT2D eigenvalue weighted by Crippen LogP contribution is -2.59. The van der Waals surface area contributed by atoms with Gasteiger partial charge in [0.05, 0.1) is 21.9 Å². The number of anilines is 2. The Hall–Kier alpha value is -3.78. The first kappa shape index (κ1) is 36.4. The number of nitrogens with two attached hydrogens (primary N) is 2. The van der Waals surface area contributed by atoms with Crippen LogP contribution in [-0.4, -0.2) is 38.0 Å². The Morgan fingerprint density at radius 1 is 0.591 bits per heavy atom. The minimum absolute atomic E-state index is 0.000139. The summed E-state index contributed by atoms with van der Waals surface area (Å²) in [5.74, 6) is 0. The zero-order valence-electron chi connectivity index (χ0n) is 25.1. The molecule has 10 nitrogen and oxygen atoms in total. The molecule has 4 aromatic rings. The van der Waals surface area contributed by atoms with Crippen LogP contribution in [0.25, 0.3) is 11.1 Å². The zero-order chi connectivity index (χ0) is 32.9. The van der Waals surface area contributed by atoms with Gasteiger partial charge < -0.3 is 32.0 Å². The SMILES string of the molecule is CC([NH3+])CCc1ccccc1.CC([NH3+])CCc1ccccc1.Nc1ccc(-c2ccc(N)cc2S(=O)(=O)[O-])c(S(=O)(=O)[O-])c1. The first-order valence-electron chi connectivity index (χ1n) is 14.0. The summed E-state index contributed by atoms with van der Waals surface area (Å²) in [6, 6.07) is 28.9. The molecule has 0 fully saturated rings. The molecule has 0 aromatic heterocycles. The molecular weight excluding hydrogens is 601 g/mol. The van der Waals surface area contributed by atoms with Gasteiger partial charge in [-0.2, -0.15) is 0 Å². The van der Waals surface area contributed by atoms with Crippen LogP contribution in [0.3, 0.4) is 0 Å². The van der Waals surface area contributed by atoms with Gasteiger partial charge >= 0.3 is 0 Å². The Morgan fingerprint density at radius 3 is 1.18 bits per heavy atom. The Bertz CT molecular complexity index is 1550. The molecule has 0 saturated heterocycles. The van der Waals surface area contributed by atoms with E-state index in [1.807, 2.05) is 0 Å². The van der Waals surface area contributed by atoms with Crippen molar-refractivity contribution in [1.82, 2.24) is 0 Å². The number of hydrogen-bond acceptors (Lipinski definition) is 8. The van der Waals surface area contributed by atoms with Crippen molar-refractivity contribution in [2.75, 3.05) is 11.5 Å². The second-order valence-electron chi connectivity index (χ2n) is 10.7. The van der Waals surface area contributed by atoms with Crippen LogP contribution >= 0.6 is 0 Å². The first-order chi connectivity index (χ1) is 20.6. The van der Waals surface area contributed by atoms with Crippen LogP contribution in [0.2, 0.25) is 0 Å². The predicted molar refractivity (Wildman–Crippen MR) is 171 cm³/mol. The molecule has 0 aliphatic heterocycles. The smallest absolute Gasteiger partial charge is 0.125 e. The maximum absolute atomic E-state index is 11.3. The van der Waals surface area contributed by atoms with Gasteiger partial charge in [0.25, 0.3) is 0 Å². The second-order valence-corrected chi connectivity index (χ2v) is 13.4. The summed E-state index contributed by atoms with van der Waals surface area (Å²) in [7, 11) is -9.87. The van der Waals surface area contributed by atoms with Gasteiger partial charge in [0, 0.05) is 35.3 Å². The topological polar surface area (TPSA) is 222 Å². The van der Waals surface area contributed by atoms with Crippen LogP contribution in [0, 0.1) is 0 Å². The van der Waals surface area contributed by atoms with Crippen molar-refractivity contribution in [3.8, 4) is 11.1 Å². The average Bonchev–Trinajstić information content (AvgIpc) is 2.96. The Kier molecular flexibility index (Phi) is 14.0. The predicted octanol–water partition coefficient (Wildman–Crippen LogP) is 2.83. The number of quaternary nitrogens is 2. The van der Waals surface area contributed by atoms with Gasteiger partial charge in [-0.3, -0.25) is 0 Å². The summed E-state index contributed by atoms with van der Waals surface area (Å²) in [5, 5.41) is 0. The summed E-state index contributed by atoms with van der Waals surface area (Å²) < 4.78 is 68.1. The van der Waals surface area contributed by atoms with Crippen LogP contribution < -0.4 is 22.9 Å². The van der Waals surface area contributed by atoms with Crippen molar-refractivity contribution in [3.05, 3.63) is 108 Å². The fourth-order valence-corrected chi connectivity index (χ4v) is 5.51. The van der Waals surface area contributed by atoms with E-state index in [1.165, 1.54) is 36.1 Å². The Balaban J connectivity index is 0.000000257. The van der Waals surface area contributed by atoms with Gasteiger partial charge in [-0.05, 0) is 62.1 Å². The lowest BCUT2D eigenvalue weighted by atomic mass is 10.0. The molecule has 4 aromatic carbocycles. The maximum atomic E-state index is 11.3. The molecule has 0 heterocycles. The number of nitrogen functional groups attached to an aromatic ring is 2. The molecule has 0 aliphatic rings. The number of rotatable bonds is 9. The second kappa shape index (κ2) is 16.9. The fraction of sp³-hybridized carbons (Fsp3) is 0.250. The van der Waals surface area contributed by atoms with Crippen LogP contribution in [0.4, 0.5) is 11.4 Å². The van der Waals surface area contributed by atoms with Crippen molar-refractivity contribution in [3.63, 3.8) is 0 Å². The van der Waals surface area contributed by atoms with E-state index in [2.05, 4.69) is 86.0 Å². The maximum Gasteiger partial charge on any atom is 0.125 e. The third kappa shape index (κ3) is 12.8. The molecule has 2 unspecified atom stereocenters. The molecule has 0 bridgehead atoms. The molecule has 4 rings (SSSR count). The quantitative estimate of drug-likeness (QED) is 0.157. The van der Waals surface area contributed by atoms with Crippen molar-refractivity contribution in [1.29, 1.82) is 0 Å². The highest BCUT2D eigenvalue weighted by Crippen LogP contribution is 2.34. The summed E-state index contributed by atoms with van der Waals surface area (Å²) in [6.07, 6.45) is 4.69. The summed E-state index contributed by atoms with van der Waals surface area (Å²) in [5.41, 5.74) is 21.2. The van der Waals surface area contributed by atoms with Crippen LogP contribution in [0.15, 0.2) is 107 Å². The van der Waals surface area contributed by atoms with E-state index < -0.39 is 30.0 Å². The van der Waals surface area contributed by atoms with Gasteiger partial charge in [0.15, 0.2) is 0 Å². The zero-order valence-corrected chi connectivity index (χ0v) is 26.7. The molecule has 2 atom stereocenters. The third-order valence-corrected chi connectivity index (χ3v) is 8.13. The van der Waals surface area contributed by atoms with Gasteiger partial charge in [0.1, 0.15) is 20.2 Å². The lowest BCUT2D eigenvalue weighted by Gasteiger charge is -2.18. The van der Waals surface area contributed by atoms with Gasteiger partial charge in [0.2, 0.25) is 0 Å². The molecule has 0 radical (unpaired) electrons. The van der Waals surface area contributed by atoms with Gasteiger partial charge in [-0.1, -0.05) is 72.8 Å². The molecule has 12 heteroatoms. The van der Waals surface area contributed by atoms with Crippen molar-refractivity contribution in [2.24, 2.45) is 0 Å². The van der Waals surface area contributed by atoms with E-state index in [0.717, 1.165) is 37.1 Å². The van der Waals surface area contributed by atoms with E-state index in [4.69, 9.17) is 11.5 Å². The lowest BCUT2D eigenvalue weighted by molar-refractivity contribution is -0.415. The van der Waals surface area contributed by atoms with E-state index in [9.17, 15) is 25.9 Å². The number of benzene rings is 4. The molecule has 0 saturated carbocycles. The van der Waals surface area contributed by atoms with E-state index in [1.54, 1.807) is 0 Å². The largest absolute Gasteiger partial charge is 0.744 e. The molecule has 0 amide bonds. The normalized spacial score (nSPS) is 12.6. The monoisotopic (exact) mass is 642 g/mol. The van der Waals surface area contributed by atoms with E-state index in [-0.39, 0.29) is 22.5 Å². The number of aryl methyl sites for hydroxylation is 2. The molecular formula is C32H42N4O6S2. The minimum atomic E-state index is -4.93. The average molecular weight is 643 g/mol. The standard InChI is InChI=1S/C12H12N2O6S2.2C10H15N/c13-7-1-3-9(11(5-7)21(15,16)17)10-4-2-8(14)6-12(10)22(18,19)20;2*1-9(11)7-8-10-5-3-2-4-6-10/h1-6H,13-14H2,(H,15,16,17)(H,18,19,20);2*2-6,9H,7-8,11H2,1H3. The molecule has 0 spiro atoms. The van der Waals surface area contributed by atoms with Crippen molar-refractivity contribution in [2.45, 2.75) is 61.4 Å². The van der Waals surface area contributed by atoms with Crippen molar-refractivity contribution >= 4 is 31.6 Å². The van der Waals surface area contributed by atoms with E-state index >= 15 is 0 Å². The minimum Gasteiger partial charge on any atom is -0.744 e. The molecule has 0 aliphatic carbocycles. The third-order valence-electron chi connectivity index (χ3n) is 6.38. The highest BCUT2D eigenvalue weighted by molar-refractivity contribution is 7.86. The molecule has 10 N–H and O–H groups in total. The highest BCUT2D eigenvalue weighted by atomic mass is 32.2. The summed E-state index contributed by atoms with van der Waals surface area (Å²) in [4.78, 5) is -1.44. The van der Waals surface area contributed by atoms with Crippen LogP contribution in [0.1, 0.15) is 37.8 Å². The fourth-order valence-electron chi connectivity index (χ4n) is 4.05. The highest BCUT2D eigenvalue weighted by Gasteiger charge is 2.17. The van der Waals surface area contributed by atoms with Gasteiger partial charge in [-0.25, -0.2) is 16.8 Å².